The number of methoxy groups -OCH3 is 1. The zero-order valence-corrected chi connectivity index (χ0v) is 18.3. The SMILES string of the molecule is CO[C@]1(c2cc(C#N)cc(-c3cn([C@H]4CC4(F)F)c4cnc(CC(C)=O)cc34)n2)CCOC1. The van der Waals surface area contributed by atoms with Gasteiger partial charge in [-0.25, -0.2) is 13.8 Å². The molecule has 0 aromatic carbocycles. The topological polar surface area (TPSA) is 90.0 Å². The van der Waals surface area contributed by atoms with E-state index in [9.17, 15) is 18.8 Å². The molecular weight excluding hydrogens is 430 g/mol. The molecule has 1 aliphatic heterocycles. The summed E-state index contributed by atoms with van der Waals surface area (Å²) in [5, 5.41) is 10.3. The maximum absolute atomic E-state index is 14.0. The number of ether oxygens (including phenoxy) is 2. The van der Waals surface area contributed by atoms with Gasteiger partial charge in [0.25, 0.3) is 5.92 Å². The fourth-order valence-corrected chi connectivity index (χ4v) is 4.49. The van der Waals surface area contributed by atoms with Gasteiger partial charge in [-0.1, -0.05) is 0 Å². The van der Waals surface area contributed by atoms with Gasteiger partial charge in [0.15, 0.2) is 0 Å². The van der Waals surface area contributed by atoms with Gasteiger partial charge in [0.05, 0.1) is 41.3 Å². The number of carbonyl (C=O) groups excluding carboxylic acids is 1. The molecule has 9 heteroatoms. The molecule has 0 amide bonds. The second-order valence-electron chi connectivity index (χ2n) is 8.74. The van der Waals surface area contributed by atoms with Crippen molar-refractivity contribution < 1.29 is 23.0 Å². The summed E-state index contributed by atoms with van der Waals surface area (Å²) in [4.78, 5) is 20.8. The van der Waals surface area contributed by atoms with Crippen LogP contribution in [0.4, 0.5) is 8.78 Å². The third kappa shape index (κ3) is 3.69. The monoisotopic (exact) mass is 452 g/mol. The molecule has 2 aliphatic rings. The number of aromatic nitrogens is 3. The average molecular weight is 452 g/mol. The van der Waals surface area contributed by atoms with E-state index in [4.69, 9.17) is 14.5 Å². The predicted molar refractivity (Wildman–Crippen MR) is 115 cm³/mol. The fourth-order valence-electron chi connectivity index (χ4n) is 4.49. The maximum Gasteiger partial charge on any atom is 0.270 e. The minimum absolute atomic E-state index is 0.0493. The van der Waals surface area contributed by atoms with Crippen molar-refractivity contribution in [2.75, 3.05) is 20.3 Å². The number of hydrogen-bond donors (Lipinski definition) is 0. The lowest BCUT2D eigenvalue weighted by atomic mass is 9.95. The molecular formula is C24H22F2N4O3. The quantitative estimate of drug-likeness (QED) is 0.563. The molecule has 0 bridgehead atoms. The van der Waals surface area contributed by atoms with Crippen LogP contribution < -0.4 is 0 Å². The number of ketones is 1. The van der Waals surface area contributed by atoms with Gasteiger partial charge in [-0.15, -0.1) is 0 Å². The zero-order valence-electron chi connectivity index (χ0n) is 18.3. The van der Waals surface area contributed by atoms with Crippen LogP contribution in [-0.2, 0) is 26.3 Å². The number of rotatable bonds is 6. The summed E-state index contributed by atoms with van der Waals surface area (Å²) >= 11 is 0. The first kappa shape index (κ1) is 21.6. The molecule has 0 unspecified atom stereocenters. The molecule has 4 heterocycles. The van der Waals surface area contributed by atoms with Crippen LogP contribution in [-0.4, -0.2) is 46.6 Å². The standard InChI is InChI=1S/C24H22F2N4O3/c1-14(31)5-16-8-17-18(12-30(20(17)11-28-16)22-9-24(22,25)26)19-6-15(10-27)7-21(29-19)23(32-2)3-4-33-13-23/h6-8,11-12,22H,3-5,9,13H2,1-2H3/t22-,23+/m0/s1. The van der Waals surface area contributed by atoms with Gasteiger partial charge in [-0.3, -0.25) is 9.78 Å². The molecule has 1 aliphatic carbocycles. The number of carbonyl (C=O) groups is 1. The highest BCUT2D eigenvalue weighted by Crippen LogP contribution is 2.54. The van der Waals surface area contributed by atoms with Crippen LogP contribution in [0.15, 0.2) is 30.6 Å². The first-order valence-corrected chi connectivity index (χ1v) is 10.7. The fraction of sp³-hybridized carbons (Fsp3) is 0.417. The van der Waals surface area contributed by atoms with Gasteiger partial charge >= 0.3 is 0 Å². The molecule has 170 valence electrons. The van der Waals surface area contributed by atoms with Crippen molar-refractivity contribution in [3.8, 4) is 17.3 Å². The summed E-state index contributed by atoms with van der Waals surface area (Å²) in [6, 6.07) is 6.27. The second-order valence-corrected chi connectivity index (χ2v) is 8.74. The van der Waals surface area contributed by atoms with Gasteiger partial charge in [-0.05, 0) is 25.1 Å². The van der Waals surface area contributed by atoms with Gasteiger partial charge in [0.1, 0.15) is 17.4 Å². The lowest BCUT2D eigenvalue weighted by molar-refractivity contribution is -0.116. The Kier molecular flexibility index (Phi) is 5.03. The van der Waals surface area contributed by atoms with Crippen molar-refractivity contribution in [3.63, 3.8) is 0 Å². The summed E-state index contributed by atoms with van der Waals surface area (Å²) in [6.45, 7) is 2.30. The van der Waals surface area contributed by atoms with E-state index >= 15 is 0 Å². The molecule has 1 saturated carbocycles. The first-order chi connectivity index (χ1) is 15.8. The Morgan fingerprint density at radius 2 is 2.18 bits per heavy atom. The highest BCUT2D eigenvalue weighted by atomic mass is 19.3. The van der Waals surface area contributed by atoms with E-state index in [1.165, 1.54) is 17.7 Å². The van der Waals surface area contributed by atoms with Gasteiger partial charge < -0.3 is 14.0 Å². The van der Waals surface area contributed by atoms with Gasteiger partial charge in [0.2, 0.25) is 0 Å². The molecule has 2 atom stereocenters. The van der Waals surface area contributed by atoms with E-state index in [-0.39, 0.29) is 18.6 Å². The first-order valence-electron chi connectivity index (χ1n) is 10.7. The molecule has 3 aromatic rings. The Labute approximate surface area is 189 Å². The van der Waals surface area contributed by atoms with Crippen LogP contribution in [0.1, 0.15) is 42.8 Å². The Balaban J connectivity index is 1.71. The maximum atomic E-state index is 14.0. The largest absolute Gasteiger partial charge is 0.378 e. The third-order valence-electron chi connectivity index (χ3n) is 6.41. The molecule has 5 rings (SSSR count). The van der Waals surface area contributed by atoms with Crippen molar-refractivity contribution in [1.82, 2.24) is 14.5 Å². The summed E-state index contributed by atoms with van der Waals surface area (Å²) in [7, 11) is 1.58. The third-order valence-corrected chi connectivity index (χ3v) is 6.41. The van der Waals surface area contributed by atoms with E-state index in [0.29, 0.717) is 58.7 Å². The molecule has 3 aromatic heterocycles. The smallest absolute Gasteiger partial charge is 0.270 e. The van der Waals surface area contributed by atoms with Crippen LogP contribution in [0, 0.1) is 11.3 Å². The van der Waals surface area contributed by atoms with E-state index in [1.807, 2.05) is 0 Å². The minimum Gasteiger partial charge on any atom is -0.378 e. The molecule has 2 fully saturated rings. The molecule has 0 N–H and O–H groups in total. The van der Waals surface area contributed by atoms with Crippen LogP contribution in [0.3, 0.4) is 0 Å². The Hall–Kier alpha value is -3.22. The predicted octanol–water partition coefficient (Wildman–Crippen LogP) is 3.94. The number of halogens is 2. The van der Waals surface area contributed by atoms with Crippen molar-refractivity contribution in [2.24, 2.45) is 0 Å². The number of pyridine rings is 2. The molecule has 0 spiro atoms. The molecule has 1 saturated heterocycles. The van der Waals surface area contributed by atoms with Crippen LogP contribution >= 0.6 is 0 Å². The highest BCUT2D eigenvalue weighted by Gasteiger charge is 2.58. The zero-order chi connectivity index (χ0) is 23.4. The van der Waals surface area contributed by atoms with Crippen molar-refractivity contribution in [3.05, 3.63) is 47.5 Å². The summed E-state index contributed by atoms with van der Waals surface area (Å²) in [5.41, 5.74) is 2.33. The second kappa shape index (κ2) is 7.68. The number of alkyl halides is 2. The number of nitrogens with zero attached hydrogens (tertiary/aromatic N) is 4. The van der Waals surface area contributed by atoms with Crippen molar-refractivity contribution >= 4 is 16.7 Å². The highest BCUT2D eigenvalue weighted by molar-refractivity contribution is 5.96. The van der Waals surface area contributed by atoms with Crippen LogP contribution in [0.25, 0.3) is 22.2 Å². The number of Topliss-reactive ketones (excluding diaryl/α,β-unsaturated/α-hetero) is 1. The number of nitriles is 1. The number of fused-ring (bicyclic) bond motifs is 1. The summed E-state index contributed by atoms with van der Waals surface area (Å²) in [5.74, 6) is -2.83. The van der Waals surface area contributed by atoms with Gasteiger partial charge in [-0.2, -0.15) is 5.26 Å². The van der Waals surface area contributed by atoms with Crippen LogP contribution in [0.2, 0.25) is 0 Å². The van der Waals surface area contributed by atoms with Crippen molar-refractivity contribution in [2.45, 2.75) is 43.8 Å². The molecule has 0 radical (unpaired) electrons. The van der Waals surface area contributed by atoms with E-state index < -0.39 is 17.6 Å². The lowest BCUT2D eigenvalue weighted by Crippen LogP contribution is -2.30. The number of hydrogen-bond acceptors (Lipinski definition) is 6. The van der Waals surface area contributed by atoms with Gasteiger partial charge in [0, 0.05) is 55.8 Å². The summed E-state index contributed by atoms with van der Waals surface area (Å²) < 4.78 is 40.8. The van der Waals surface area contributed by atoms with Crippen LogP contribution in [0.5, 0.6) is 0 Å². The average Bonchev–Trinajstić information content (AvgIpc) is 3.14. The normalized spacial score (nSPS) is 23.5. The molecule has 33 heavy (non-hydrogen) atoms. The Morgan fingerprint density at radius 3 is 2.79 bits per heavy atom. The summed E-state index contributed by atoms with van der Waals surface area (Å²) in [6.07, 6.45) is 3.66. The Bertz CT molecular complexity index is 1310. The minimum atomic E-state index is -2.78. The lowest BCUT2D eigenvalue weighted by Gasteiger charge is -2.25. The van der Waals surface area contributed by atoms with E-state index in [2.05, 4.69) is 11.1 Å². The van der Waals surface area contributed by atoms with E-state index in [1.54, 1.807) is 31.5 Å². The molecule has 7 nitrogen and oxygen atoms in total. The van der Waals surface area contributed by atoms with E-state index in [0.717, 1.165) is 0 Å². The van der Waals surface area contributed by atoms with Crippen molar-refractivity contribution in [1.29, 1.82) is 5.26 Å². The Morgan fingerprint density at radius 1 is 1.39 bits per heavy atom.